The number of carbonyl (C=O) groups excluding carboxylic acids is 1. The second-order valence-electron chi connectivity index (χ2n) is 8.65. The third-order valence-electron chi connectivity index (χ3n) is 6.58. The SMILES string of the molecule is O=C(NCC1(c2ccccc2)CCCC1)c1ccc(NC2=NS(=O)(=O)c3ccccc32)cc1. The Kier molecular flexibility index (Phi) is 5.50. The molecule has 3 aromatic rings. The molecule has 1 aliphatic carbocycles. The molecule has 168 valence electrons. The number of benzene rings is 3. The topological polar surface area (TPSA) is 87.6 Å². The van der Waals surface area contributed by atoms with Gasteiger partial charge in [0.2, 0.25) is 0 Å². The highest BCUT2D eigenvalue weighted by Crippen LogP contribution is 2.40. The van der Waals surface area contributed by atoms with Crippen LogP contribution in [0, 0.1) is 0 Å². The fraction of sp³-hybridized carbons (Fsp3) is 0.231. The van der Waals surface area contributed by atoms with Crippen LogP contribution in [0.3, 0.4) is 0 Å². The van der Waals surface area contributed by atoms with Crippen molar-refractivity contribution in [3.05, 3.63) is 95.6 Å². The van der Waals surface area contributed by atoms with Gasteiger partial charge in [-0.2, -0.15) is 8.42 Å². The second kappa shape index (κ2) is 8.48. The van der Waals surface area contributed by atoms with Crippen molar-refractivity contribution in [2.24, 2.45) is 4.40 Å². The van der Waals surface area contributed by atoms with Crippen LogP contribution in [0.2, 0.25) is 0 Å². The number of nitrogens with zero attached hydrogens (tertiary/aromatic N) is 1. The molecule has 33 heavy (non-hydrogen) atoms. The lowest BCUT2D eigenvalue weighted by Crippen LogP contribution is -2.39. The number of amides is 1. The zero-order chi connectivity index (χ0) is 22.9. The van der Waals surface area contributed by atoms with Crippen LogP contribution >= 0.6 is 0 Å². The minimum atomic E-state index is -3.68. The van der Waals surface area contributed by atoms with Crippen molar-refractivity contribution in [3.63, 3.8) is 0 Å². The van der Waals surface area contributed by atoms with Gasteiger partial charge in [0, 0.05) is 28.8 Å². The third-order valence-corrected chi connectivity index (χ3v) is 7.91. The third kappa shape index (κ3) is 4.16. The summed E-state index contributed by atoms with van der Waals surface area (Å²) < 4.78 is 28.3. The van der Waals surface area contributed by atoms with E-state index >= 15 is 0 Å². The number of fused-ring (bicyclic) bond motifs is 1. The molecule has 0 spiro atoms. The Bertz CT molecular complexity index is 1310. The highest BCUT2D eigenvalue weighted by molar-refractivity contribution is 7.90. The van der Waals surface area contributed by atoms with E-state index in [4.69, 9.17) is 0 Å². The van der Waals surface area contributed by atoms with E-state index in [9.17, 15) is 13.2 Å². The molecule has 1 aliphatic heterocycles. The summed E-state index contributed by atoms with van der Waals surface area (Å²) in [5.74, 6) is 0.170. The van der Waals surface area contributed by atoms with Crippen molar-refractivity contribution < 1.29 is 13.2 Å². The Labute approximate surface area is 193 Å². The zero-order valence-electron chi connectivity index (χ0n) is 18.1. The van der Waals surface area contributed by atoms with Crippen LogP contribution in [0.5, 0.6) is 0 Å². The van der Waals surface area contributed by atoms with Crippen molar-refractivity contribution in [3.8, 4) is 0 Å². The van der Waals surface area contributed by atoms with Crippen LogP contribution in [0.1, 0.15) is 47.2 Å². The normalized spacial score (nSPS) is 17.8. The highest BCUT2D eigenvalue weighted by Gasteiger charge is 2.35. The lowest BCUT2D eigenvalue weighted by atomic mass is 9.79. The van der Waals surface area contributed by atoms with Crippen LogP contribution in [-0.2, 0) is 15.4 Å². The molecule has 0 bridgehead atoms. The minimum absolute atomic E-state index is 0.00207. The number of rotatable bonds is 5. The quantitative estimate of drug-likeness (QED) is 0.589. The van der Waals surface area contributed by atoms with Gasteiger partial charge in [0.25, 0.3) is 15.9 Å². The first-order valence-corrected chi connectivity index (χ1v) is 12.6. The summed E-state index contributed by atoms with van der Waals surface area (Å²) in [6.07, 6.45) is 4.50. The summed E-state index contributed by atoms with van der Waals surface area (Å²) >= 11 is 0. The Morgan fingerprint density at radius 3 is 2.27 bits per heavy atom. The van der Waals surface area contributed by atoms with Gasteiger partial charge in [-0.3, -0.25) is 4.79 Å². The van der Waals surface area contributed by atoms with Crippen molar-refractivity contribution >= 4 is 27.5 Å². The van der Waals surface area contributed by atoms with E-state index in [0.717, 1.165) is 12.8 Å². The van der Waals surface area contributed by atoms with E-state index in [1.807, 2.05) is 6.07 Å². The van der Waals surface area contributed by atoms with E-state index in [2.05, 4.69) is 39.3 Å². The predicted octanol–water partition coefficient (Wildman–Crippen LogP) is 4.49. The van der Waals surface area contributed by atoms with Crippen molar-refractivity contribution in [1.82, 2.24) is 5.32 Å². The monoisotopic (exact) mass is 459 g/mol. The largest absolute Gasteiger partial charge is 0.351 e. The Morgan fingerprint density at radius 1 is 0.879 bits per heavy atom. The summed E-state index contributed by atoms with van der Waals surface area (Å²) in [6, 6.07) is 24.1. The smallest absolute Gasteiger partial charge is 0.285 e. The standard InChI is InChI=1S/C26H25N3O3S/c30-25(27-18-26(16-6-7-17-26)20-8-2-1-3-9-20)19-12-14-21(15-13-19)28-24-22-10-4-5-11-23(22)33(31,32)29-24/h1-5,8-15H,6-7,16-18H2,(H,27,30)(H,28,29). The molecule has 2 N–H and O–H groups in total. The van der Waals surface area contributed by atoms with Gasteiger partial charge in [0.05, 0.1) is 0 Å². The molecule has 3 aromatic carbocycles. The number of amidine groups is 1. The first-order valence-electron chi connectivity index (χ1n) is 11.1. The summed E-state index contributed by atoms with van der Waals surface area (Å²) in [5.41, 5.74) is 3.05. The van der Waals surface area contributed by atoms with Crippen molar-refractivity contribution in [1.29, 1.82) is 0 Å². The predicted molar refractivity (Wildman–Crippen MR) is 129 cm³/mol. The molecule has 2 aliphatic rings. The maximum Gasteiger partial charge on any atom is 0.285 e. The molecule has 0 saturated heterocycles. The maximum absolute atomic E-state index is 12.8. The average Bonchev–Trinajstić information content (AvgIpc) is 3.42. The lowest BCUT2D eigenvalue weighted by molar-refractivity contribution is 0.0943. The molecular weight excluding hydrogens is 434 g/mol. The molecular formula is C26H25N3O3S. The first kappa shape index (κ1) is 21.4. The summed E-state index contributed by atoms with van der Waals surface area (Å²) in [4.78, 5) is 13.0. The lowest BCUT2D eigenvalue weighted by Gasteiger charge is -2.30. The average molecular weight is 460 g/mol. The summed E-state index contributed by atoms with van der Waals surface area (Å²) in [5, 5.41) is 6.20. The van der Waals surface area contributed by atoms with Gasteiger partial charge in [0.15, 0.2) is 5.84 Å². The number of sulfonamides is 1. The van der Waals surface area contributed by atoms with Crippen LogP contribution < -0.4 is 10.6 Å². The molecule has 1 fully saturated rings. The number of carbonyl (C=O) groups is 1. The van der Waals surface area contributed by atoms with Gasteiger partial charge < -0.3 is 10.6 Å². The highest BCUT2D eigenvalue weighted by atomic mass is 32.2. The second-order valence-corrected chi connectivity index (χ2v) is 10.2. The van der Waals surface area contributed by atoms with Crippen LogP contribution in [0.25, 0.3) is 0 Å². The van der Waals surface area contributed by atoms with Gasteiger partial charge in [-0.1, -0.05) is 55.3 Å². The summed E-state index contributed by atoms with van der Waals surface area (Å²) in [6.45, 7) is 0.612. The molecule has 0 unspecified atom stereocenters. The molecule has 0 aromatic heterocycles. The molecule has 7 heteroatoms. The van der Waals surface area contributed by atoms with Crippen LogP contribution in [0.15, 0.2) is 88.2 Å². The van der Waals surface area contributed by atoms with E-state index in [1.54, 1.807) is 48.5 Å². The van der Waals surface area contributed by atoms with Gasteiger partial charge >= 0.3 is 0 Å². The molecule has 0 radical (unpaired) electrons. The first-order chi connectivity index (χ1) is 16.0. The van der Waals surface area contributed by atoms with Crippen molar-refractivity contribution in [2.45, 2.75) is 36.0 Å². The van der Waals surface area contributed by atoms with E-state index < -0.39 is 10.0 Å². The number of hydrogen-bond acceptors (Lipinski definition) is 4. The van der Waals surface area contributed by atoms with Gasteiger partial charge in [0.1, 0.15) is 4.90 Å². The van der Waals surface area contributed by atoms with Crippen LogP contribution in [0.4, 0.5) is 5.69 Å². The Balaban J connectivity index is 1.27. The fourth-order valence-electron chi connectivity index (χ4n) is 4.80. The van der Waals surface area contributed by atoms with E-state index in [1.165, 1.54) is 18.4 Å². The minimum Gasteiger partial charge on any atom is -0.351 e. The number of anilines is 1. The van der Waals surface area contributed by atoms with Crippen LogP contribution in [-0.4, -0.2) is 26.7 Å². The molecule has 1 saturated carbocycles. The number of hydrogen-bond donors (Lipinski definition) is 2. The summed E-state index contributed by atoms with van der Waals surface area (Å²) in [7, 11) is -3.68. The molecule has 5 rings (SSSR count). The molecule has 6 nitrogen and oxygen atoms in total. The molecule has 1 heterocycles. The zero-order valence-corrected chi connectivity index (χ0v) is 18.9. The molecule has 1 amide bonds. The van der Waals surface area contributed by atoms with Gasteiger partial charge in [-0.15, -0.1) is 4.40 Å². The van der Waals surface area contributed by atoms with Gasteiger partial charge in [-0.25, -0.2) is 0 Å². The fourth-order valence-corrected chi connectivity index (χ4v) is 5.98. The molecule has 0 atom stereocenters. The van der Waals surface area contributed by atoms with Gasteiger partial charge in [-0.05, 0) is 54.8 Å². The Hall–Kier alpha value is -3.45. The number of nitrogens with one attached hydrogen (secondary N) is 2. The van der Waals surface area contributed by atoms with Crippen molar-refractivity contribution in [2.75, 3.05) is 11.9 Å². The van der Waals surface area contributed by atoms with E-state index in [0.29, 0.717) is 23.4 Å². The Morgan fingerprint density at radius 2 is 1.55 bits per heavy atom. The van der Waals surface area contributed by atoms with E-state index in [-0.39, 0.29) is 22.1 Å². The maximum atomic E-state index is 12.8.